The summed E-state index contributed by atoms with van der Waals surface area (Å²) in [6, 6.07) is 12.2. The first kappa shape index (κ1) is 27.4. The Hall–Kier alpha value is -0.800. The molecule has 4 rings (SSSR count). The van der Waals surface area contributed by atoms with E-state index < -0.39 is 25.8 Å². The summed E-state index contributed by atoms with van der Waals surface area (Å²) >= 11 is -2.13. The third kappa shape index (κ3) is 4.58. The molecule has 32 heavy (non-hydrogen) atoms. The van der Waals surface area contributed by atoms with E-state index in [1.165, 1.54) is 40.5 Å². The van der Waals surface area contributed by atoms with Gasteiger partial charge in [-0.25, -0.2) is 0 Å². The van der Waals surface area contributed by atoms with Gasteiger partial charge in [0.2, 0.25) is 0 Å². The maximum Gasteiger partial charge on any atom is -1.00 e. The number of benzene rings is 2. The normalized spacial score (nSPS) is 19.0. The monoisotopic (exact) mass is 566 g/mol. The molecule has 6 heteroatoms. The largest absolute Gasteiger partial charge is 1.00 e. The van der Waals surface area contributed by atoms with Gasteiger partial charge >= 0.3 is 187 Å². The van der Waals surface area contributed by atoms with E-state index in [0.29, 0.717) is 15.1 Å². The second-order valence-electron chi connectivity index (χ2n) is 8.75. The molecule has 0 saturated heterocycles. The average Bonchev–Trinajstić information content (AvgIpc) is 3.17. The first-order chi connectivity index (χ1) is 14.2. The predicted molar refractivity (Wildman–Crippen MR) is 120 cm³/mol. The van der Waals surface area contributed by atoms with Crippen LogP contribution in [-0.4, -0.2) is 5.43 Å². The van der Waals surface area contributed by atoms with Gasteiger partial charge in [-0.2, -0.15) is 0 Å². The van der Waals surface area contributed by atoms with Crippen LogP contribution in [0.4, 0.5) is 8.78 Å². The van der Waals surface area contributed by atoms with Crippen LogP contribution in [0.3, 0.4) is 0 Å². The molecular weight excluding hydrogens is 540 g/mol. The Balaban J connectivity index is 0.00000181. The van der Waals surface area contributed by atoms with E-state index in [4.69, 9.17) is 0 Å². The van der Waals surface area contributed by atoms with Crippen LogP contribution in [0.15, 0.2) is 68.5 Å². The first-order valence-corrected chi connectivity index (χ1v) is 19.4. The molecule has 2 unspecified atom stereocenters. The Morgan fingerprint density at radius 1 is 0.875 bits per heavy atom. The molecule has 2 aliphatic carbocycles. The van der Waals surface area contributed by atoms with Crippen molar-refractivity contribution in [1.82, 2.24) is 0 Å². The number of hydrogen-bond acceptors (Lipinski definition) is 0. The van der Waals surface area contributed by atoms with Crippen LogP contribution in [0.5, 0.6) is 0 Å². The van der Waals surface area contributed by atoms with E-state index >= 15 is 0 Å². The predicted octanol–water partition coefficient (Wildman–Crippen LogP) is 1.59. The van der Waals surface area contributed by atoms with Crippen molar-refractivity contribution in [3.63, 3.8) is 0 Å². The molecule has 0 aromatic heterocycles. The molecule has 0 N–H and O–H groups in total. The molecule has 0 amide bonds. The Kier molecular flexibility index (Phi) is 9.12. The Labute approximate surface area is 210 Å². The molecule has 0 saturated carbocycles. The fourth-order valence-corrected chi connectivity index (χ4v) is 24.8. The van der Waals surface area contributed by atoms with Gasteiger partial charge in [-0.3, -0.25) is 0 Å². The topological polar surface area (TPSA) is 0 Å². The van der Waals surface area contributed by atoms with Crippen molar-refractivity contribution in [2.24, 2.45) is 5.92 Å². The molecule has 0 radical (unpaired) electrons. The molecule has 0 aliphatic heterocycles. The van der Waals surface area contributed by atoms with Crippen molar-refractivity contribution in [2.75, 3.05) is 0 Å². The van der Waals surface area contributed by atoms with Crippen LogP contribution >= 0.6 is 0 Å². The molecule has 0 spiro atoms. The van der Waals surface area contributed by atoms with E-state index in [9.17, 15) is 8.78 Å². The molecule has 0 nitrogen and oxygen atoms in total. The van der Waals surface area contributed by atoms with Gasteiger partial charge in [0, 0.05) is 0 Å². The second kappa shape index (κ2) is 10.6. The quantitative estimate of drug-likeness (QED) is 0.494. The molecule has 0 bridgehead atoms. The number of fused-ring (bicyclic) bond motifs is 1. The number of halogens is 4. The molecule has 2 aromatic carbocycles. The van der Waals surface area contributed by atoms with Crippen LogP contribution < -0.4 is 24.8 Å². The van der Waals surface area contributed by atoms with Crippen LogP contribution in [-0.2, 0) is 20.4 Å². The van der Waals surface area contributed by atoms with Gasteiger partial charge in [-0.05, 0) is 0 Å². The zero-order chi connectivity index (χ0) is 21.7. The Bertz CT molecular complexity index is 1190. The fourth-order valence-electron chi connectivity index (χ4n) is 5.08. The molecule has 0 fully saturated rings. The third-order valence-corrected chi connectivity index (χ3v) is 25.5. The molecule has 2 atom stereocenters. The van der Waals surface area contributed by atoms with Gasteiger partial charge < -0.3 is 24.8 Å². The fraction of sp³-hybridized carbons (Fsp3) is 0.308. The zero-order valence-electron chi connectivity index (χ0n) is 19.3. The minimum Gasteiger partial charge on any atom is -1.00 e. The summed E-state index contributed by atoms with van der Waals surface area (Å²) in [5.74, 6) is -0.212. The summed E-state index contributed by atoms with van der Waals surface area (Å²) in [7, 11) is 0. The van der Waals surface area contributed by atoms with E-state index in [1.807, 2.05) is 6.07 Å². The van der Waals surface area contributed by atoms with Gasteiger partial charge in [0.25, 0.3) is 0 Å². The van der Waals surface area contributed by atoms with E-state index in [1.54, 1.807) is 3.28 Å². The average molecular weight is 569 g/mol. The van der Waals surface area contributed by atoms with Crippen molar-refractivity contribution in [3.05, 3.63) is 96.9 Å². The first-order valence-electron chi connectivity index (χ1n) is 10.5. The SMILES string of the molecule is CC1=C(C)C(C)[C]([Zr+2]([CH]2C=C(c3cc(F)ccc3F)c3ccccc32)=[Si](C)C)=C1C.[Cl-].[Cl-]. The van der Waals surface area contributed by atoms with Gasteiger partial charge in [-0.1, -0.05) is 0 Å². The zero-order valence-corrected chi connectivity index (χ0v) is 24.3. The van der Waals surface area contributed by atoms with Crippen molar-refractivity contribution in [1.29, 1.82) is 0 Å². The van der Waals surface area contributed by atoms with Gasteiger partial charge in [0.15, 0.2) is 0 Å². The number of hydrogen-bond donors (Lipinski definition) is 0. The minimum absolute atomic E-state index is 0. The van der Waals surface area contributed by atoms with Crippen LogP contribution in [0.1, 0.15) is 48.0 Å². The van der Waals surface area contributed by atoms with Crippen molar-refractivity contribution in [3.8, 4) is 0 Å². The summed E-state index contributed by atoms with van der Waals surface area (Å²) in [4.78, 5) is 0. The van der Waals surface area contributed by atoms with Crippen molar-refractivity contribution < 1.29 is 54.0 Å². The van der Waals surface area contributed by atoms with E-state index in [0.717, 1.165) is 11.1 Å². The smallest absolute Gasteiger partial charge is 1.00 e. The standard InChI is InChI=1S/C15H9F2.C9H13.C2H6Si.2ClH.Zr/c16-11-6-8-15(17)14(9-11)13-7-5-10-3-1-2-4-12(10)13;1-6-5-7(2)9(4)8(6)3;1-3-2;;;/h1-9H;6H,1-4H3;1-2H3;2*1H;/q;;;;;+2/p-2. The summed E-state index contributed by atoms with van der Waals surface area (Å²) in [5, 5.41) is 0. The molecule has 168 valence electrons. The Morgan fingerprint density at radius 2 is 1.53 bits per heavy atom. The summed E-state index contributed by atoms with van der Waals surface area (Å²) in [5.41, 5.74) is 7.64. The summed E-state index contributed by atoms with van der Waals surface area (Å²) in [6.45, 7) is 14.1. The van der Waals surface area contributed by atoms with Crippen molar-refractivity contribution in [2.45, 2.75) is 44.4 Å². The minimum atomic E-state index is -2.13. The van der Waals surface area contributed by atoms with Crippen molar-refractivity contribution >= 4 is 11.0 Å². The van der Waals surface area contributed by atoms with Gasteiger partial charge in [-0.15, -0.1) is 0 Å². The maximum absolute atomic E-state index is 14.7. The van der Waals surface area contributed by atoms with E-state index in [-0.39, 0.29) is 36.4 Å². The second-order valence-corrected chi connectivity index (χ2v) is 26.2. The number of allylic oxidation sites excluding steroid dienone is 5. The van der Waals surface area contributed by atoms with Crippen LogP contribution in [0, 0.1) is 17.6 Å². The molecule has 2 aliphatic rings. The van der Waals surface area contributed by atoms with Crippen LogP contribution in [0.2, 0.25) is 13.1 Å². The summed E-state index contributed by atoms with van der Waals surface area (Å²) in [6.07, 6.45) is 2.30. The third-order valence-electron chi connectivity index (χ3n) is 6.92. The van der Waals surface area contributed by atoms with Crippen LogP contribution in [0.25, 0.3) is 5.57 Å². The molecule has 2 aromatic rings. The molecule has 0 heterocycles. The van der Waals surface area contributed by atoms with E-state index in [2.05, 4.69) is 65.1 Å². The Morgan fingerprint density at radius 3 is 2.12 bits per heavy atom. The summed E-state index contributed by atoms with van der Waals surface area (Å²) < 4.78 is 30.9. The maximum atomic E-state index is 14.7. The molecular formula is C26H28Cl2F2SiZr. The van der Waals surface area contributed by atoms with Gasteiger partial charge in [0.1, 0.15) is 0 Å². The number of rotatable bonds is 3. The van der Waals surface area contributed by atoms with Gasteiger partial charge in [0.05, 0.1) is 0 Å².